The lowest BCUT2D eigenvalue weighted by atomic mass is 10.1. The third kappa shape index (κ3) is 2.46. The van der Waals surface area contributed by atoms with Crippen molar-refractivity contribution in [2.45, 2.75) is 0 Å². The molecule has 0 saturated heterocycles. The summed E-state index contributed by atoms with van der Waals surface area (Å²) >= 11 is 0. The third-order valence-corrected chi connectivity index (χ3v) is 1.58. The quantitative estimate of drug-likeness (QED) is 0.400. The SMILES string of the molecule is COC(=O)C(C#N)=Cc1cc[c]cc1. The van der Waals surface area contributed by atoms with Gasteiger partial charge in [0, 0.05) is 0 Å². The van der Waals surface area contributed by atoms with Crippen LogP contribution >= 0.6 is 0 Å². The molecule has 1 aromatic rings. The topological polar surface area (TPSA) is 50.1 Å². The fraction of sp³-hybridized carbons (Fsp3) is 0.0909. The average Bonchev–Trinajstić information content (AvgIpc) is 2.26. The number of methoxy groups -OCH3 is 1. The molecule has 0 aromatic heterocycles. The van der Waals surface area contributed by atoms with Crippen molar-refractivity contribution < 1.29 is 9.53 Å². The summed E-state index contributed by atoms with van der Waals surface area (Å²) < 4.78 is 4.44. The summed E-state index contributed by atoms with van der Waals surface area (Å²) in [6.07, 6.45) is 1.47. The van der Waals surface area contributed by atoms with Gasteiger partial charge in [0.2, 0.25) is 0 Å². The fourth-order valence-electron chi connectivity index (χ4n) is 0.909. The van der Waals surface area contributed by atoms with Crippen LogP contribution in [0, 0.1) is 17.4 Å². The van der Waals surface area contributed by atoms with E-state index in [0.29, 0.717) is 0 Å². The summed E-state index contributed by atoms with van der Waals surface area (Å²) in [6.45, 7) is 0. The minimum Gasteiger partial charge on any atom is -0.465 e. The summed E-state index contributed by atoms with van der Waals surface area (Å²) in [5, 5.41) is 8.66. The summed E-state index contributed by atoms with van der Waals surface area (Å²) in [5.74, 6) is -0.625. The van der Waals surface area contributed by atoms with E-state index in [9.17, 15) is 4.79 Å². The van der Waals surface area contributed by atoms with Gasteiger partial charge in [-0.25, -0.2) is 4.79 Å². The Kier molecular flexibility index (Phi) is 3.45. The monoisotopic (exact) mass is 186 g/mol. The van der Waals surface area contributed by atoms with Gasteiger partial charge < -0.3 is 4.74 Å². The van der Waals surface area contributed by atoms with Gasteiger partial charge in [-0.15, -0.1) is 0 Å². The normalized spacial score (nSPS) is 10.4. The molecular weight excluding hydrogens is 178 g/mol. The molecule has 0 aliphatic rings. The van der Waals surface area contributed by atoms with Crippen LogP contribution in [0.3, 0.4) is 0 Å². The lowest BCUT2D eigenvalue weighted by molar-refractivity contribution is -0.135. The molecule has 0 unspecified atom stereocenters. The van der Waals surface area contributed by atoms with E-state index in [1.807, 2.05) is 0 Å². The second-order valence-electron chi connectivity index (χ2n) is 2.49. The van der Waals surface area contributed by atoms with E-state index in [1.165, 1.54) is 13.2 Å². The maximum atomic E-state index is 11.0. The Morgan fingerprint density at radius 2 is 2.21 bits per heavy atom. The summed E-state index contributed by atoms with van der Waals surface area (Å²) in [5.41, 5.74) is 0.754. The lowest BCUT2D eigenvalue weighted by Crippen LogP contribution is -2.02. The molecule has 0 saturated carbocycles. The van der Waals surface area contributed by atoms with Gasteiger partial charge >= 0.3 is 5.97 Å². The van der Waals surface area contributed by atoms with E-state index >= 15 is 0 Å². The molecular formula is C11H8NO2. The highest BCUT2D eigenvalue weighted by Crippen LogP contribution is 2.06. The summed E-state index contributed by atoms with van der Waals surface area (Å²) in [6, 6.07) is 11.5. The Bertz CT molecular complexity index is 387. The Morgan fingerprint density at radius 3 is 2.71 bits per heavy atom. The molecule has 1 radical (unpaired) electrons. The minimum atomic E-state index is -0.625. The number of nitrogens with zero attached hydrogens (tertiary/aromatic N) is 1. The second kappa shape index (κ2) is 4.83. The number of rotatable bonds is 2. The highest BCUT2D eigenvalue weighted by atomic mass is 16.5. The van der Waals surface area contributed by atoms with Crippen LogP contribution in [0.4, 0.5) is 0 Å². The van der Waals surface area contributed by atoms with Crippen LogP contribution in [0.1, 0.15) is 5.56 Å². The Morgan fingerprint density at radius 1 is 1.57 bits per heavy atom. The molecule has 0 spiro atoms. The first kappa shape index (κ1) is 10.0. The zero-order chi connectivity index (χ0) is 10.4. The first-order chi connectivity index (χ1) is 6.77. The zero-order valence-corrected chi connectivity index (χ0v) is 7.65. The van der Waals surface area contributed by atoms with Gasteiger partial charge in [0.1, 0.15) is 11.6 Å². The van der Waals surface area contributed by atoms with Crippen LogP contribution in [0.5, 0.6) is 0 Å². The first-order valence-corrected chi connectivity index (χ1v) is 3.94. The molecule has 0 amide bonds. The lowest BCUT2D eigenvalue weighted by Gasteiger charge is -1.96. The predicted molar refractivity (Wildman–Crippen MR) is 50.9 cm³/mol. The molecule has 0 heterocycles. The maximum Gasteiger partial charge on any atom is 0.348 e. The molecule has 0 N–H and O–H groups in total. The van der Waals surface area contributed by atoms with Crippen molar-refractivity contribution in [1.82, 2.24) is 0 Å². The highest BCUT2D eigenvalue weighted by Gasteiger charge is 2.07. The molecule has 0 bridgehead atoms. The van der Waals surface area contributed by atoms with E-state index in [1.54, 1.807) is 30.3 Å². The molecule has 69 valence electrons. The molecule has 1 rings (SSSR count). The zero-order valence-electron chi connectivity index (χ0n) is 7.65. The number of nitriles is 1. The van der Waals surface area contributed by atoms with Crippen molar-refractivity contribution in [3.63, 3.8) is 0 Å². The molecule has 0 aliphatic carbocycles. The van der Waals surface area contributed by atoms with Crippen molar-refractivity contribution in [3.05, 3.63) is 41.5 Å². The van der Waals surface area contributed by atoms with E-state index < -0.39 is 5.97 Å². The molecule has 0 fully saturated rings. The number of benzene rings is 1. The maximum absolute atomic E-state index is 11.0. The smallest absolute Gasteiger partial charge is 0.348 e. The minimum absolute atomic E-state index is 0.0151. The fourth-order valence-corrected chi connectivity index (χ4v) is 0.909. The van der Waals surface area contributed by atoms with Crippen molar-refractivity contribution >= 4 is 12.0 Å². The summed E-state index contributed by atoms with van der Waals surface area (Å²) in [4.78, 5) is 11.0. The van der Waals surface area contributed by atoms with Crippen molar-refractivity contribution in [3.8, 4) is 6.07 Å². The van der Waals surface area contributed by atoms with Crippen molar-refractivity contribution in [2.75, 3.05) is 7.11 Å². The number of carbonyl (C=O) groups is 1. The van der Waals surface area contributed by atoms with Crippen LogP contribution in [0.25, 0.3) is 6.08 Å². The van der Waals surface area contributed by atoms with Crippen LogP contribution in [0.15, 0.2) is 29.8 Å². The molecule has 1 aromatic carbocycles. The highest BCUT2D eigenvalue weighted by molar-refractivity contribution is 5.97. The first-order valence-electron chi connectivity index (χ1n) is 3.94. The average molecular weight is 186 g/mol. The Balaban J connectivity index is 2.97. The molecule has 14 heavy (non-hydrogen) atoms. The molecule has 3 heteroatoms. The van der Waals surface area contributed by atoms with Crippen LogP contribution in [-0.2, 0) is 9.53 Å². The van der Waals surface area contributed by atoms with Crippen molar-refractivity contribution in [1.29, 1.82) is 5.26 Å². The van der Waals surface area contributed by atoms with Crippen LogP contribution in [0.2, 0.25) is 0 Å². The summed E-state index contributed by atoms with van der Waals surface area (Å²) in [7, 11) is 1.24. The van der Waals surface area contributed by atoms with E-state index in [-0.39, 0.29) is 5.57 Å². The number of esters is 1. The number of ether oxygens (including phenoxy) is 1. The van der Waals surface area contributed by atoms with E-state index in [4.69, 9.17) is 5.26 Å². The van der Waals surface area contributed by atoms with Gasteiger partial charge in [-0.3, -0.25) is 0 Å². The largest absolute Gasteiger partial charge is 0.465 e. The number of carbonyl (C=O) groups excluding carboxylic acids is 1. The third-order valence-electron chi connectivity index (χ3n) is 1.58. The number of hydrogen-bond acceptors (Lipinski definition) is 3. The van der Waals surface area contributed by atoms with E-state index in [2.05, 4.69) is 10.8 Å². The second-order valence-corrected chi connectivity index (χ2v) is 2.49. The van der Waals surface area contributed by atoms with Gasteiger partial charge in [0.25, 0.3) is 0 Å². The molecule has 0 aliphatic heterocycles. The van der Waals surface area contributed by atoms with Gasteiger partial charge in [-0.1, -0.05) is 24.3 Å². The van der Waals surface area contributed by atoms with Crippen molar-refractivity contribution in [2.24, 2.45) is 0 Å². The van der Waals surface area contributed by atoms with Gasteiger partial charge in [0.15, 0.2) is 0 Å². The predicted octanol–water partition coefficient (Wildman–Crippen LogP) is 1.57. The van der Waals surface area contributed by atoms with Gasteiger partial charge in [-0.2, -0.15) is 5.26 Å². The Labute approximate surface area is 82.2 Å². The molecule has 0 atom stereocenters. The number of hydrogen-bond donors (Lipinski definition) is 0. The Hall–Kier alpha value is -2.08. The van der Waals surface area contributed by atoms with Gasteiger partial charge in [-0.05, 0) is 17.7 Å². The van der Waals surface area contributed by atoms with Crippen LogP contribution in [-0.4, -0.2) is 13.1 Å². The van der Waals surface area contributed by atoms with Gasteiger partial charge in [0.05, 0.1) is 7.11 Å². The van der Waals surface area contributed by atoms with E-state index in [0.717, 1.165) is 5.56 Å². The molecule has 3 nitrogen and oxygen atoms in total. The standard InChI is InChI=1S/C11H8NO2/c1-14-11(13)10(8-12)7-9-5-3-2-4-6-9/h3-7H,1H3. The van der Waals surface area contributed by atoms with Crippen LogP contribution < -0.4 is 0 Å².